The summed E-state index contributed by atoms with van der Waals surface area (Å²) in [7, 11) is -2.76. The summed E-state index contributed by atoms with van der Waals surface area (Å²) in [6.45, 7) is 2.06. The normalized spacial score (nSPS) is 23.1. The molecular formula is C11H17NO3S. The Morgan fingerprint density at radius 1 is 1.44 bits per heavy atom. The molecule has 1 unspecified atom stereocenters. The Labute approximate surface area is 95.9 Å². The maximum Gasteiger partial charge on any atom is 0.150 e. The van der Waals surface area contributed by atoms with E-state index in [2.05, 4.69) is 12.2 Å². The van der Waals surface area contributed by atoms with Crippen molar-refractivity contribution in [3.8, 4) is 0 Å². The monoisotopic (exact) mass is 243 g/mol. The van der Waals surface area contributed by atoms with Gasteiger partial charge in [-0.25, -0.2) is 8.42 Å². The van der Waals surface area contributed by atoms with Crippen molar-refractivity contribution in [2.75, 3.05) is 11.5 Å². The Morgan fingerprint density at radius 3 is 2.69 bits per heavy atom. The second kappa shape index (κ2) is 4.59. The van der Waals surface area contributed by atoms with Crippen molar-refractivity contribution >= 4 is 9.84 Å². The highest BCUT2D eigenvalue weighted by atomic mass is 32.2. The van der Waals surface area contributed by atoms with Crippen molar-refractivity contribution < 1.29 is 12.8 Å². The van der Waals surface area contributed by atoms with E-state index in [-0.39, 0.29) is 6.04 Å². The third-order valence-electron chi connectivity index (χ3n) is 3.08. The Balaban J connectivity index is 1.87. The molecule has 0 spiro atoms. The van der Waals surface area contributed by atoms with Crippen molar-refractivity contribution in [1.82, 2.24) is 5.32 Å². The van der Waals surface area contributed by atoms with E-state index < -0.39 is 9.84 Å². The Hall–Kier alpha value is -0.810. The van der Waals surface area contributed by atoms with Gasteiger partial charge in [-0.05, 0) is 25.8 Å². The molecule has 1 atom stereocenters. The summed E-state index contributed by atoms with van der Waals surface area (Å²) in [5.41, 5.74) is 1.11. The van der Waals surface area contributed by atoms with Gasteiger partial charge in [0.05, 0.1) is 24.0 Å². The zero-order chi connectivity index (χ0) is 11.6. The van der Waals surface area contributed by atoms with Gasteiger partial charge < -0.3 is 9.73 Å². The first kappa shape index (κ1) is 11.7. The lowest BCUT2D eigenvalue weighted by molar-refractivity contribution is 0.418. The topological polar surface area (TPSA) is 59.3 Å². The van der Waals surface area contributed by atoms with Crippen LogP contribution in [0, 0.1) is 0 Å². The van der Waals surface area contributed by atoms with E-state index >= 15 is 0 Å². The number of hydrogen-bond donors (Lipinski definition) is 1. The van der Waals surface area contributed by atoms with Crippen molar-refractivity contribution in [2.45, 2.75) is 31.8 Å². The van der Waals surface area contributed by atoms with Crippen LogP contribution >= 0.6 is 0 Å². The highest BCUT2D eigenvalue weighted by Crippen LogP contribution is 2.18. The van der Waals surface area contributed by atoms with E-state index in [0.717, 1.165) is 5.56 Å². The van der Waals surface area contributed by atoms with Gasteiger partial charge >= 0.3 is 0 Å². The van der Waals surface area contributed by atoms with Crippen LogP contribution in [0.2, 0.25) is 0 Å². The molecule has 1 N–H and O–H groups in total. The Bertz CT molecular complexity index is 410. The highest BCUT2D eigenvalue weighted by Gasteiger charge is 2.24. The number of hydrogen-bond acceptors (Lipinski definition) is 4. The highest BCUT2D eigenvalue weighted by molar-refractivity contribution is 7.91. The van der Waals surface area contributed by atoms with Crippen molar-refractivity contribution in [3.05, 3.63) is 24.2 Å². The smallest absolute Gasteiger partial charge is 0.150 e. The maximum absolute atomic E-state index is 11.3. The summed E-state index contributed by atoms with van der Waals surface area (Å²) in [5, 5.41) is 3.43. The first-order valence-electron chi connectivity index (χ1n) is 5.55. The summed E-state index contributed by atoms with van der Waals surface area (Å²) in [4.78, 5) is 0. The maximum atomic E-state index is 11.3. The van der Waals surface area contributed by atoms with Crippen LogP contribution in [0.15, 0.2) is 23.0 Å². The van der Waals surface area contributed by atoms with Gasteiger partial charge in [0.15, 0.2) is 0 Å². The molecule has 1 aliphatic rings. The lowest BCUT2D eigenvalue weighted by Gasteiger charge is -2.26. The molecule has 0 radical (unpaired) electrons. The van der Waals surface area contributed by atoms with Crippen LogP contribution in [0.25, 0.3) is 0 Å². The van der Waals surface area contributed by atoms with E-state index in [1.165, 1.54) is 0 Å². The predicted octanol–water partition coefficient (Wildman–Crippen LogP) is 1.51. The molecule has 1 saturated heterocycles. The summed E-state index contributed by atoms with van der Waals surface area (Å²) in [6.07, 6.45) is 4.80. The molecule has 4 nitrogen and oxygen atoms in total. The van der Waals surface area contributed by atoms with Gasteiger partial charge in [-0.2, -0.15) is 0 Å². The van der Waals surface area contributed by atoms with Crippen LogP contribution in [0.4, 0.5) is 0 Å². The fourth-order valence-electron chi connectivity index (χ4n) is 2.03. The van der Waals surface area contributed by atoms with Gasteiger partial charge in [0.1, 0.15) is 9.84 Å². The second-order valence-electron chi connectivity index (χ2n) is 4.37. The van der Waals surface area contributed by atoms with Crippen LogP contribution in [0.3, 0.4) is 0 Å². The number of sulfone groups is 1. The average molecular weight is 243 g/mol. The molecule has 90 valence electrons. The Kier molecular flexibility index (Phi) is 3.35. The molecule has 2 rings (SSSR count). The van der Waals surface area contributed by atoms with Crippen molar-refractivity contribution in [2.24, 2.45) is 0 Å². The van der Waals surface area contributed by atoms with Gasteiger partial charge in [-0.1, -0.05) is 0 Å². The summed E-state index contributed by atoms with van der Waals surface area (Å²) in [6, 6.07) is 2.44. The van der Waals surface area contributed by atoms with Gasteiger partial charge in [0, 0.05) is 17.6 Å². The van der Waals surface area contributed by atoms with Crippen LogP contribution in [-0.2, 0) is 9.84 Å². The number of rotatable bonds is 3. The molecule has 16 heavy (non-hydrogen) atoms. The molecule has 0 aromatic carbocycles. The molecular weight excluding hydrogens is 226 g/mol. The molecule has 0 saturated carbocycles. The molecule has 0 aliphatic carbocycles. The lowest BCUT2D eigenvalue weighted by atomic mass is 10.1. The van der Waals surface area contributed by atoms with Gasteiger partial charge in [0.25, 0.3) is 0 Å². The quantitative estimate of drug-likeness (QED) is 0.874. The van der Waals surface area contributed by atoms with E-state index in [4.69, 9.17) is 4.42 Å². The first-order chi connectivity index (χ1) is 7.57. The zero-order valence-electron chi connectivity index (χ0n) is 9.35. The number of furan rings is 1. The lowest BCUT2D eigenvalue weighted by Crippen LogP contribution is -2.38. The van der Waals surface area contributed by atoms with Gasteiger partial charge in [-0.3, -0.25) is 0 Å². The fraction of sp³-hybridized carbons (Fsp3) is 0.636. The van der Waals surface area contributed by atoms with Gasteiger partial charge in [-0.15, -0.1) is 0 Å². The summed E-state index contributed by atoms with van der Waals surface area (Å²) >= 11 is 0. The molecule has 0 bridgehead atoms. The van der Waals surface area contributed by atoms with E-state index in [0.29, 0.717) is 30.4 Å². The van der Waals surface area contributed by atoms with Gasteiger partial charge in [0.2, 0.25) is 0 Å². The molecule has 5 heteroatoms. The van der Waals surface area contributed by atoms with E-state index in [9.17, 15) is 8.42 Å². The molecule has 2 heterocycles. The Morgan fingerprint density at radius 2 is 2.12 bits per heavy atom. The molecule has 0 amide bonds. The minimum absolute atomic E-state index is 0.213. The van der Waals surface area contributed by atoms with Crippen LogP contribution in [0.5, 0.6) is 0 Å². The minimum Gasteiger partial charge on any atom is -0.472 e. The largest absolute Gasteiger partial charge is 0.472 e. The van der Waals surface area contributed by atoms with Crippen LogP contribution < -0.4 is 5.32 Å². The second-order valence-corrected chi connectivity index (χ2v) is 6.67. The molecule has 1 fully saturated rings. The molecule has 1 aromatic rings. The van der Waals surface area contributed by atoms with Crippen molar-refractivity contribution in [3.63, 3.8) is 0 Å². The van der Waals surface area contributed by atoms with Crippen LogP contribution in [-0.4, -0.2) is 26.0 Å². The molecule has 1 aromatic heterocycles. The first-order valence-corrected chi connectivity index (χ1v) is 7.37. The third kappa shape index (κ3) is 2.86. The molecule has 1 aliphatic heterocycles. The minimum atomic E-state index is -2.76. The van der Waals surface area contributed by atoms with E-state index in [1.807, 2.05) is 6.07 Å². The number of nitrogens with one attached hydrogen (secondary N) is 1. The third-order valence-corrected chi connectivity index (χ3v) is 4.80. The fourth-order valence-corrected chi connectivity index (χ4v) is 3.52. The standard InChI is InChI=1S/C11H17NO3S/c1-9(10-2-5-15-8-10)12-11-3-6-16(13,14)7-4-11/h2,5,8-9,11-12H,3-4,6-7H2,1H3. The SMILES string of the molecule is CC(NC1CCS(=O)(=O)CC1)c1ccoc1. The van der Waals surface area contributed by atoms with Crippen LogP contribution in [0.1, 0.15) is 31.4 Å². The van der Waals surface area contributed by atoms with E-state index in [1.54, 1.807) is 12.5 Å². The zero-order valence-corrected chi connectivity index (χ0v) is 10.2. The summed E-state index contributed by atoms with van der Waals surface area (Å²) in [5.74, 6) is 0.617. The summed E-state index contributed by atoms with van der Waals surface area (Å²) < 4.78 is 27.6. The van der Waals surface area contributed by atoms with Crippen molar-refractivity contribution in [1.29, 1.82) is 0 Å². The average Bonchev–Trinajstić information content (AvgIpc) is 2.74. The predicted molar refractivity (Wildman–Crippen MR) is 61.9 cm³/mol.